The van der Waals surface area contributed by atoms with Gasteiger partial charge in [-0.15, -0.1) is 12.8 Å². The smallest absolute Gasteiger partial charge is 0.253 e. The van der Waals surface area contributed by atoms with E-state index in [1.807, 2.05) is 6.92 Å². The normalized spacial score (nSPS) is 9.56. The molecule has 0 saturated carbocycles. The molecule has 0 bridgehead atoms. The van der Waals surface area contributed by atoms with Crippen molar-refractivity contribution in [1.82, 2.24) is 0 Å². The summed E-state index contributed by atoms with van der Waals surface area (Å²) in [7, 11) is -3.68. The summed E-state index contributed by atoms with van der Waals surface area (Å²) in [5.41, 5.74) is 0.987. The van der Waals surface area contributed by atoms with Gasteiger partial charge in [0.1, 0.15) is 13.3 Å². The van der Waals surface area contributed by atoms with E-state index >= 15 is 0 Å². The van der Waals surface area contributed by atoms with Crippen LogP contribution in [0.1, 0.15) is 5.56 Å². The molecule has 0 radical (unpaired) electrons. The molecule has 5 heteroatoms. The minimum Gasteiger partial charge on any atom is -0.253 e. The third-order valence-corrected chi connectivity index (χ3v) is 2.96. The Balaban J connectivity index is 0.000000631. The Morgan fingerprint density at radius 1 is 1.22 bits per heavy atom. The number of benzene rings is 1. The lowest BCUT2D eigenvalue weighted by Gasteiger charge is -2.02. The SMILES string of the molecule is C#CCF.C#CCOS(=O)(=O)c1ccc(C)cc1. The summed E-state index contributed by atoms with van der Waals surface area (Å²) in [6.45, 7) is 0.981. The first-order valence-electron chi connectivity index (χ1n) is 4.87. The molecular weight excluding hydrogens is 255 g/mol. The van der Waals surface area contributed by atoms with Crippen molar-refractivity contribution in [2.75, 3.05) is 13.3 Å². The third-order valence-electron chi connectivity index (χ3n) is 1.68. The van der Waals surface area contributed by atoms with Crippen molar-refractivity contribution >= 4 is 10.1 Å². The molecule has 0 heterocycles. The Morgan fingerprint density at radius 3 is 2.11 bits per heavy atom. The molecule has 0 aliphatic carbocycles. The van der Waals surface area contributed by atoms with Crippen molar-refractivity contribution in [3.63, 3.8) is 0 Å². The Kier molecular flexibility index (Phi) is 7.46. The van der Waals surface area contributed by atoms with E-state index in [2.05, 4.69) is 16.5 Å². The van der Waals surface area contributed by atoms with Crippen LogP contribution in [0.2, 0.25) is 0 Å². The molecule has 0 atom stereocenters. The van der Waals surface area contributed by atoms with Crippen molar-refractivity contribution in [3.05, 3.63) is 29.8 Å². The molecule has 0 N–H and O–H groups in total. The van der Waals surface area contributed by atoms with Gasteiger partial charge in [-0.1, -0.05) is 29.5 Å². The average Bonchev–Trinajstić information content (AvgIpc) is 2.37. The van der Waals surface area contributed by atoms with Gasteiger partial charge in [-0.05, 0) is 19.1 Å². The van der Waals surface area contributed by atoms with Crippen LogP contribution in [0.3, 0.4) is 0 Å². The summed E-state index contributed by atoms with van der Waals surface area (Å²) in [5.74, 6) is 3.87. The van der Waals surface area contributed by atoms with E-state index in [4.69, 9.17) is 6.42 Å². The summed E-state index contributed by atoms with van der Waals surface area (Å²) in [6, 6.07) is 6.38. The molecule has 1 rings (SSSR count). The first kappa shape index (κ1) is 16.2. The molecule has 96 valence electrons. The highest BCUT2D eigenvalue weighted by Gasteiger charge is 2.13. The molecule has 0 aliphatic heterocycles. The average molecular weight is 268 g/mol. The standard InChI is InChI=1S/C10H10O3S.C3H3F/c1-3-8-13-14(11,12)10-6-4-9(2)5-7-10;1-2-3-4/h1,4-7H,8H2,2H3;1H,3H2. The van der Waals surface area contributed by atoms with Gasteiger partial charge in [-0.3, -0.25) is 4.18 Å². The van der Waals surface area contributed by atoms with Gasteiger partial charge in [0.15, 0.2) is 0 Å². The Morgan fingerprint density at radius 2 is 1.72 bits per heavy atom. The van der Waals surface area contributed by atoms with E-state index < -0.39 is 16.8 Å². The lowest BCUT2D eigenvalue weighted by Crippen LogP contribution is -2.06. The summed E-state index contributed by atoms with van der Waals surface area (Å²) in [5, 5.41) is 0. The molecule has 0 aromatic heterocycles. The minimum absolute atomic E-state index is 0.123. The third kappa shape index (κ3) is 6.05. The van der Waals surface area contributed by atoms with Gasteiger partial charge in [-0.2, -0.15) is 8.42 Å². The molecule has 0 amide bonds. The highest BCUT2D eigenvalue weighted by atomic mass is 32.2. The zero-order chi connectivity index (χ0) is 14.0. The van der Waals surface area contributed by atoms with Crippen molar-refractivity contribution in [2.24, 2.45) is 0 Å². The fraction of sp³-hybridized carbons (Fsp3) is 0.231. The maximum absolute atomic E-state index is 11.4. The summed E-state index contributed by atoms with van der Waals surface area (Å²) < 4.78 is 37.8. The van der Waals surface area contributed by atoms with Gasteiger partial charge < -0.3 is 0 Å². The molecule has 18 heavy (non-hydrogen) atoms. The topological polar surface area (TPSA) is 43.4 Å². The maximum Gasteiger partial charge on any atom is 0.297 e. The quantitative estimate of drug-likeness (QED) is 0.621. The van der Waals surface area contributed by atoms with E-state index in [0.717, 1.165) is 5.56 Å². The minimum atomic E-state index is -3.68. The Bertz CT molecular complexity index is 533. The Labute approximate surface area is 107 Å². The molecule has 0 unspecified atom stereocenters. The van der Waals surface area contributed by atoms with Crippen molar-refractivity contribution in [2.45, 2.75) is 11.8 Å². The molecule has 1 aromatic rings. The van der Waals surface area contributed by atoms with E-state index in [1.165, 1.54) is 12.1 Å². The largest absolute Gasteiger partial charge is 0.297 e. The predicted octanol–water partition coefficient (Wildman–Crippen LogP) is 1.92. The highest BCUT2D eigenvalue weighted by molar-refractivity contribution is 7.86. The molecule has 3 nitrogen and oxygen atoms in total. The number of hydrogen-bond acceptors (Lipinski definition) is 3. The number of hydrogen-bond donors (Lipinski definition) is 0. The van der Waals surface area contributed by atoms with Crippen molar-refractivity contribution in [3.8, 4) is 24.7 Å². The zero-order valence-corrected chi connectivity index (χ0v) is 10.7. The first-order chi connectivity index (χ1) is 8.47. The predicted molar refractivity (Wildman–Crippen MR) is 68.0 cm³/mol. The number of alkyl halides is 1. The van der Waals surface area contributed by atoms with E-state index in [1.54, 1.807) is 18.1 Å². The number of halogens is 1. The van der Waals surface area contributed by atoms with E-state index in [-0.39, 0.29) is 11.5 Å². The van der Waals surface area contributed by atoms with E-state index in [0.29, 0.717) is 0 Å². The molecule has 0 saturated heterocycles. The van der Waals surface area contributed by atoms with E-state index in [9.17, 15) is 12.8 Å². The summed E-state index contributed by atoms with van der Waals surface area (Å²) in [6.07, 6.45) is 9.30. The maximum atomic E-state index is 11.4. The van der Waals surface area contributed by atoms with Crippen molar-refractivity contribution in [1.29, 1.82) is 0 Å². The molecule has 0 spiro atoms. The van der Waals surface area contributed by atoms with Crippen LogP contribution in [0, 0.1) is 31.6 Å². The number of aryl methyl sites for hydroxylation is 1. The summed E-state index contributed by atoms with van der Waals surface area (Å²) >= 11 is 0. The van der Waals surface area contributed by atoms with Crippen LogP contribution in [0.5, 0.6) is 0 Å². The van der Waals surface area contributed by atoms with Crippen LogP contribution < -0.4 is 0 Å². The van der Waals surface area contributed by atoms with Crippen LogP contribution in [0.15, 0.2) is 29.2 Å². The van der Waals surface area contributed by atoms with Gasteiger partial charge >= 0.3 is 0 Å². The van der Waals surface area contributed by atoms with Gasteiger partial charge in [0.2, 0.25) is 0 Å². The van der Waals surface area contributed by atoms with Gasteiger partial charge in [0.25, 0.3) is 10.1 Å². The second-order valence-electron chi connectivity index (χ2n) is 3.07. The second kappa shape index (κ2) is 8.30. The van der Waals surface area contributed by atoms with Gasteiger partial charge in [-0.25, -0.2) is 4.39 Å². The fourth-order valence-corrected chi connectivity index (χ4v) is 1.71. The van der Waals surface area contributed by atoms with Crippen LogP contribution in [0.4, 0.5) is 4.39 Å². The fourth-order valence-electron chi connectivity index (χ4n) is 0.885. The molecular formula is C13H13FO3S. The second-order valence-corrected chi connectivity index (χ2v) is 4.69. The van der Waals surface area contributed by atoms with Crippen LogP contribution >= 0.6 is 0 Å². The van der Waals surface area contributed by atoms with Crippen LogP contribution in [-0.2, 0) is 14.3 Å². The lowest BCUT2D eigenvalue weighted by molar-refractivity contribution is 0.363. The number of terminal acetylenes is 2. The Hall–Kier alpha value is -1.82. The van der Waals surface area contributed by atoms with Crippen molar-refractivity contribution < 1.29 is 17.0 Å². The highest BCUT2D eigenvalue weighted by Crippen LogP contribution is 2.12. The van der Waals surface area contributed by atoms with Crippen LogP contribution in [0.25, 0.3) is 0 Å². The van der Waals surface area contributed by atoms with Gasteiger partial charge in [0, 0.05) is 0 Å². The number of rotatable bonds is 3. The van der Waals surface area contributed by atoms with Gasteiger partial charge in [0.05, 0.1) is 4.90 Å². The first-order valence-corrected chi connectivity index (χ1v) is 6.27. The summed E-state index contributed by atoms with van der Waals surface area (Å²) in [4.78, 5) is 0.123. The van der Waals surface area contributed by atoms with Crippen LogP contribution in [-0.4, -0.2) is 21.7 Å². The molecule has 0 aliphatic rings. The lowest BCUT2D eigenvalue weighted by atomic mass is 10.2. The molecule has 0 fully saturated rings. The molecule has 1 aromatic carbocycles. The zero-order valence-electron chi connectivity index (χ0n) is 9.89. The monoisotopic (exact) mass is 268 g/mol.